The van der Waals surface area contributed by atoms with Gasteiger partial charge in [-0.15, -0.1) is 0 Å². The Bertz CT molecular complexity index is 1760. The van der Waals surface area contributed by atoms with Crippen LogP contribution >= 0.6 is 0 Å². The predicted molar refractivity (Wildman–Crippen MR) is 143 cm³/mol. The van der Waals surface area contributed by atoms with Crippen molar-refractivity contribution in [2.45, 2.75) is 19.1 Å². The number of pyridine rings is 1. The third-order valence-corrected chi connectivity index (χ3v) is 6.64. The minimum atomic E-state index is -1.86. The lowest BCUT2D eigenvalue weighted by atomic mass is 10.0. The van der Waals surface area contributed by atoms with Crippen LogP contribution in [0.3, 0.4) is 0 Å². The fraction of sp³-hybridized carbons (Fsp3) is 0.115. The molecule has 0 bridgehead atoms. The van der Waals surface area contributed by atoms with E-state index in [1.54, 1.807) is 12.5 Å². The molecule has 184 valence electrons. The summed E-state index contributed by atoms with van der Waals surface area (Å²) >= 11 is -1.86. The minimum absolute atomic E-state index is 0.114. The van der Waals surface area contributed by atoms with E-state index in [0.717, 1.165) is 44.4 Å². The summed E-state index contributed by atoms with van der Waals surface area (Å²) in [7, 11) is 0. The standard InChI is InChI=1S/C26H22N8O2S/c1-15-31-23(24-26(32-15)29-14-28-24)19-10-18(9-16-5-7-17(8-6-16)13-37(35)36)11-27-25(19)33-21-3-2-4-22-20(21)12-30-34-22/h2-8,10-12,14H,9,13H2,1H3,(H,27,33)(H,30,34)(H,35,36)(H,28,29,31,32). The molecule has 0 spiro atoms. The molecule has 37 heavy (non-hydrogen) atoms. The van der Waals surface area contributed by atoms with Crippen LogP contribution in [0, 0.1) is 6.92 Å². The number of nitrogens with zero attached hydrogens (tertiary/aromatic N) is 5. The Balaban J connectivity index is 1.43. The van der Waals surface area contributed by atoms with Gasteiger partial charge in [0.05, 0.1) is 29.5 Å². The quantitative estimate of drug-likeness (QED) is 0.227. The maximum atomic E-state index is 11.1. The molecule has 2 aromatic carbocycles. The number of H-pyrrole nitrogens is 2. The predicted octanol–water partition coefficient (Wildman–Crippen LogP) is 4.66. The Morgan fingerprint density at radius 2 is 1.84 bits per heavy atom. The molecule has 11 heteroatoms. The van der Waals surface area contributed by atoms with Gasteiger partial charge in [-0.3, -0.25) is 5.10 Å². The van der Waals surface area contributed by atoms with Gasteiger partial charge in [0.15, 0.2) is 16.7 Å². The summed E-state index contributed by atoms with van der Waals surface area (Å²) < 4.78 is 20.3. The second kappa shape index (κ2) is 9.52. The average molecular weight is 511 g/mol. The molecule has 1 atom stereocenters. The molecule has 4 heterocycles. The zero-order valence-electron chi connectivity index (χ0n) is 19.8. The van der Waals surface area contributed by atoms with Crippen molar-refractivity contribution in [3.63, 3.8) is 0 Å². The molecule has 10 nitrogen and oxygen atoms in total. The Labute approximate surface area is 213 Å². The van der Waals surface area contributed by atoms with Gasteiger partial charge in [-0.2, -0.15) is 5.10 Å². The number of aromatic nitrogens is 7. The first-order valence-corrected chi connectivity index (χ1v) is 12.8. The maximum absolute atomic E-state index is 11.1. The summed E-state index contributed by atoms with van der Waals surface area (Å²) in [5, 5.41) is 11.6. The molecule has 6 rings (SSSR count). The van der Waals surface area contributed by atoms with Crippen molar-refractivity contribution in [2.24, 2.45) is 0 Å². The van der Waals surface area contributed by atoms with Gasteiger partial charge < -0.3 is 14.9 Å². The van der Waals surface area contributed by atoms with Crippen molar-refractivity contribution in [2.75, 3.05) is 5.32 Å². The Morgan fingerprint density at radius 3 is 2.68 bits per heavy atom. The van der Waals surface area contributed by atoms with Crippen molar-refractivity contribution in [3.8, 4) is 11.3 Å². The van der Waals surface area contributed by atoms with E-state index in [2.05, 4.69) is 36.5 Å². The highest BCUT2D eigenvalue weighted by molar-refractivity contribution is 7.78. The third-order valence-electron chi connectivity index (χ3n) is 6.06. The summed E-state index contributed by atoms with van der Waals surface area (Å²) in [6, 6.07) is 15.7. The number of anilines is 2. The van der Waals surface area contributed by atoms with Gasteiger partial charge in [-0.25, -0.2) is 24.1 Å². The smallest absolute Gasteiger partial charge is 0.181 e. The van der Waals surface area contributed by atoms with E-state index in [9.17, 15) is 4.21 Å². The number of hydrogen-bond donors (Lipinski definition) is 4. The lowest BCUT2D eigenvalue weighted by Crippen LogP contribution is -2.02. The molecule has 4 aromatic heterocycles. The van der Waals surface area contributed by atoms with Crippen LogP contribution in [-0.4, -0.2) is 43.9 Å². The number of aryl methyl sites for hydroxylation is 1. The molecule has 0 saturated carbocycles. The first-order chi connectivity index (χ1) is 18.0. The SMILES string of the molecule is Cc1nc(-c2cc(Cc3ccc(CS(=O)O)cc3)cnc2Nc2cccc3[nH]ncc23)c2[nH]cnc2n1. The van der Waals surface area contributed by atoms with E-state index in [1.807, 2.05) is 55.6 Å². The summed E-state index contributed by atoms with van der Waals surface area (Å²) in [4.78, 5) is 21.5. The maximum Gasteiger partial charge on any atom is 0.181 e. The molecule has 6 aromatic rings. The van der Waals surface area contributed by atoms with E-state index in [4.69, 9.17) is 14.5 Å². The van der Waals surface area contributed by atoms with Crippen LogP contribution in [0.4, 0.5) is 11.5 Å². The first-order valence-electron chi connectivity index (χ1n) is 11.5. The van der Waals surface area contributed by atoms with Crippen molar-refractivity contribution >= 4 is 44.7 Å². The Hall–Kier alpha value is -4.48. The number of aromatic amines is 2. The highest BCUT2D eigenvalue weighted by Crippen LogP contribution is 2.34. The van der Waals surface area contributed by atoms with Crippen molar-refractivity contribution in [1.29, 1.82) is 0 Å². The van der Waals surface area contributed by atoms with Crippen LogP contribution in [0.2, 0.25) is 0 Å². The number of benzene rings is 2. The Kier molecular flexibility index (Phi) is 5.91. The largest absolute Gasteiger partial charge is 0.341 e. The van der Waals surface area contributed by atoms with Crippen LogP contribution in [0.15, 0.2) is 67.3 Å². The fourth-order valence-corrected chi connectivity index (χ4v) is 4.84. The minimum Gasteiger partial charge on any atom is -0.341 e. The monoisotopic (exact) mass is 510 g/mol. The summed E-state index contributed by atoms with van der Waals surface area (Å²) in [5.41, 5.74) is 7.50. The van der Waals surface area contributed by atoms with Gasteiger partial charge in [0.2, 0.25) is 0 Å². The lowest BCUT2D eigenvalue weighted by Gasteiger charge is -2.14. The van der Waals surface area contributed by atoms with E-state index >= 15 is 0 Å². The van der Waals surface area contributed by atoms with Crippen molar-refractivity contribution in [1.82, 2.24) is 35.1 Å². The molecule has 0 amide bonds. The zero-order valence-corrected chi connectivity index (χ0v) is 20.6. The molecule has 0 saturated heterocycles. The number of imidazole rings is 1. The van der Waals surface area contributed by atoms with Crippen LogP contribution < -0.4 is 5.32 Å². The molecule has 0 radical (unpaired) electrons. The van der Waals surface area contributed by atoms with Crippen molar-refractivity contribution < 1.29 is 8.76 Å². The van der Waals surface area contributed by atoms with E-state index in [-0.39, 0.29) is 5.75 Å². The average Bonchev–Trinajstić information content (AvgIpc) is 3.55. The number of nitrogens with one attached hydrogen (secondary N) is 3. The van der Waals surface area contributed by atoms with Gasteiger partial charge in [0.25, 0.3) is 0 Å². The molecule has 0 aliphatic carbocycles. The molecular formula is C26H22N8O2S. The second-order valence-electron chi connectivity index (χ2n) is 8.68. The van der Waals surface area contributed by atoms with Crippen LogP contribution in [-0.2, 0) is 23.3 Å². The number of hydrogen-bond acceptors (Lipinski definition) is 7. The lowest BCUT2D eigenvalue weighted by molar-refractivity contribution is 0.563. The molecule has 4 N–H and O–H groups in total. The van der Waals surface area contributed by atoms with Gasteiger partial charge in [-0.1, -0.05) is 30.3 Å². The summed E-state index contributed by atoms with van der Waals surface area (Å²) in [5.74, 6) is 1.37. The molecule has 0 aliphatic rings. The van der Waals surface area contributed by atoms with Crippen LogP contribution in [0.1, 0.15) is 22.5 Å². The highest BCUT2D eigenvalue weighted by atomic mass is 32.2. The summed E-state index contributed by atoms with van der Waals surface area (Å²) in [6.07, 6.45) is 5.87. The second-order valence-corrected chi connectivity index (χ2v) is 9.61. The van der Waals surface area contributed by atoms with Gasteiger partial charge in [0.1, 0.15) is 22.9 Å². The van der Waals surface area contributed by atoms with E-state index in [1.165, 1.54) is 0 Å². The number of rotatable bonds is 7. The molecule has 0 aliphatic heterocycles. The first kappa shape index (κ1) is 23.0. The number of fused-ring (bicyclic) bond motifs is 2. The van der Waals surface area contributed by atoms with Gasteiger partial charge in [0, 0.05) is 17.1 Å². The van der Waals surface area contributed by atoms with E-state index < -0.39 is 11.1 Å². The Morgan fingerprint density at radius 1 is 1.00 bits per heavy atom. The fourth-order valence-electron chi connectivity index (χ4n) is 4.36. The van der Waals surface area contributed by atoms with E-state index in [0.29, 0.717) is 29.4 Å². The molecule has 1 unspecified atom stereocenters. The zero-order chi connectivity index (χ0) is 25.4. The topological polar surface area (TPSA) is 145 Å². The highest BCUT2D eigenvalue weighted by Gasteiger charge is 2.17. The molecular weight excluding hydrogens is 488 g/mol. The normalized spacial score (nSPS) is 12.3. The van der Waals surface area contributed by atoms with Crippen molar-refractivity contribution in [3.05, 3.63) is 89.8 Å². The van der Waals surface area contributed by atoms with Gasteiger partial charge in [-0.05, 0) is 48.2 Å². The summed E-state index contributed by atoms with van der Waals surface area (Å²) in [6.45, 7) is 1.84. The van der Waals surface area contributed by atoms with Gasteiger partial charge >= 0.3 is 0 Å². The molecule has 0 fully saturated rings. The van der Waals surface area contributed by atoms with Crippen LogP contribution in [0.5, 0.6) is 0 Å². The third kappa shape index (κ3) is 4.69. The van der Waals surface area contributed by atoms with Crippen LogP contribution in [0.25, 0.3) is 33.3 Å².